The number of aromatic nitrogens is 1. The Labute approximate surface area is 135 Å². The van der Waals surface area contributed by atoms with Crippen LogP contribution >= 0.6 is 22.7 Å². The number of thiazole rings is 1. The van der Waals surface area contributed by atoms with E-state index >= 15 is 0 Å². The van der Waals surface area contributed by atoms with Crippen LogP contribution in [0.3, 0.4) is 0 Å². The van der Waals surface area contributed by atoms with Gasteiger partial charge in [0.1, 0.15) is 0 Å². The van der Waals surface area contributed by atoms with Crippen LogP contribution in [-0.4, -0.2) is 23.3 Å². The average Bonchev–Trinajstić information content (AvgIpc) is 3.20. The molecule has 0 atom stereocenters. The Bertz CT molecular complexity index is 793. The van der Waals surface area contributed by atoms with Crippen LogP contribution in [0.4, 0.5) is 0 Å². The fraction of sp³-hybridized carbons (Fsp3) is 0.188. The SMILES string of the molecule is O=C(OCCCC(=O)c1cccs1)c1ccc2ncsc2c1. The summed E-state index contributed by atoms with van der Waals surface area (Å²) in [6.45, 7) is 0.247. The van der Waals surface area contributed by atoms with Crippen LogP contribution in [0, 0.1) is 0 Å². The van der Waals surface area contributed by atoms with Crippen LogP contribution in [0.25, 0.3) is 10.2 Å². The zero-order valence-corrected chi connectivity index (χ0v) is 13.3. The fourth-order valence-corrected chi connectivity index (χ4v) is 3.43. The third-order valence-electron chi connectivity index (χ3n) is 3.14. The Hall–Kier alpha value is -2.05. The molecule has 0 amide bonds. The van der Waals surface area contributed by atoms with E-state index in [1.54, 1.807) is 17.6 Å². The van der Waals surface area contributed by atoms with Crippen LogP contribution in [0.2, 0.25) is 0 Å². The van der Waals surface area contributed by atoms with E-state index in [4.69, 9.17) is 4.74 Å². The van der Waals surface area contributed by atoms with Crippen molar-refractivity contribution in [2.75, 3.05) is 6.61 Å². The molecule has 3 aromatic rings. The van der Waals surface area contributed by atoms with Gasteiger partial charge in [0.15, 0.2) is 5.78 Å². The second-order valence-electron chi connectivity index (χ2n) is 4.67. The average molecular weight is 331 g/mol. The van der Waals surface area contributed by atoms with Gasteiger partial charge in [-0.3, -0.25) is 4.79 Å². The smallest absolute Gasteiger partial charge is 0.338 e. The second kappa shape index (κ2) is 6.81. The van der Waals surface area contributed by atoms with E-state index in [0.29, 0.717) is 18.4 Å². The maximum atomic E-state index is 12.0. The predicted molar refractivity (Wildman–Crippen MR) is 87.8 cm³/mol. The van der Waals surface area contributed by atoms with Crippen LogP contribution < -0.4 is 0 Å². The maximum absolute atomic E-state index is 12.0. The van der Waals surface area contributed by atoms with Crippen molar-refractivity contribution < 1.29 is 14.3 Å². The van der Waals surface area contributed by atoms with E-state index in [2.05, 4.69) is 4.98 Å². The van der Waals surface area contributed by atoms with Crippen molar-refractivity contribution >= 4 is 44.6 Å². The summed E-state index contributed by atoms with van der Waals surface area (Å²) in [6.07, 6.45) is 0.924. The molecule has 0 aliphatic heterocycles. The first-order valence-corrected chi connectivity index (χ1v) is 8.57. The number of hydrogen-bond donors (Lipinski definition) is 0. The molecular formula is C16H13NO3S2. The highest BCUT2D eigenvalue weighted by Gasteiger charge is 2.10. The third kappa shape index (κ3) is 3.40. The molecule has 4 nitrogen and oxygen atoms in total. The number of carbonyl (C=O) groups is 2. The van der Waals surface area contributed by atoms with Crippen molar-refractivity contribution in [2.45, 2.75) is 12.8 Å². The normalized spacial score (nSPS) is 10.7. The molecule has 0 aliphatic carbocycles. The van der Waals surface area contributed by atoms with Crippen molar-refractivity contribution in [1.29, 1.82) is 0 Å². The molecule has 0 aliphatic rings. The molecule has 22 heavy (non-hydrogen) atoms. The van der Waals surface area contributed by atoms with Crippen molar-refractivity contribution in [2.24, 2.45) is 0 Å². The Balaban J connectivity index is 1.49. The van der Waals surface area contributed by atoms with Gasteiger partial charge in [0.2, 0.25) is 0 Å². The number of carbonyl (C=O) groups excluding carboxylic acids is 2. The lowest BCUT2D eigenvalue weighted by molar-refractivity contribution is 0.0494. The summed E-state index contributed by atoms with van der Waals surface area (Å²) in [5.41, 5.74) is 3.14. The van der Waals surface area contributed by atoms with Crippen molar-refractivity contribution in [3.8, 4) is 0 Å². The minimum Gasteiger partial charge on any atom is -0.462 e. The number of ether oxygens (including phenoxy) is 1. The number of fused-ring (bicyclic) bond motifs is 1. The summed E-state index contributed by atoms with van der Waals surface area (Å²) in [4.78, 5) is 28.7. The molecule has 2 heterocycles. The Morgan fingerprint density at radius 1 is 1.18 bits per heavy atom. The van der Waals surface area contributed by atoms with Gasteiger partial charge in [-0.1, -0.05) is 6.07 Å². The number of thiophene rings is 1. The van der Waals surface area contributed by atoms with Crippen LogP contribution in [0.15, 0.2) is 41.2 Å². The first-order valence-electron chi connectivity index (χ1n) is 6.81. The monoisotopic (exact) mass is 331 g/mol. The van der Waals surface area contributed by atoms with Crippen LogP contribution in [0.1, 0.15) is 32.9 Å². The highest BCUT2D eigenvalue weighted by atomic mass is 32.1. The fourth-order valence-electron chi connectivity index (χ4n) is 2.02. The van der Waals surface area contributed by atoms with Gasteiger partial charge in [0, 0.05) is 6.42 Å². The Kier molecular flexibility index (Phi) is 4.60. The summed E-state index contributed by atoms with van der Waals surface area (Å²) in [5, 5.41) is 1.88. The van der Waals surface area contributed by atoms with Crippen LogP contribution in [0.5, 0.6) is 0 Å². The second-order valence-corrected chi connectivity index (χ2v) is 6.51. The molecule has 1 aromatic carbocycles. The van der Waals surface area contributed by atoms with Gasteiger partial charge in [0.25, 0.3) is 0 Å². The van der Waals surface area contributed by atoms with E-state index in [1.807, 2.05) is 23.6 Å². The van der Waals surface area contributed by atoms with E-state index < -0.39 is 0 Å². The summed E-state index contributed by atoms with van der Waals surface area (Å²) in [7, 11) is 0. The lowest BCUT2D eigenvalue weighted by atomic mass is 10.2. The molecule has 0 spiro atoms. The summed E-state index contributed by atoms with van der Waals surface area (Å²) in [6, 6.07) is 8.97. The highest BCUT2D eigenvalue weighted by Crippen LogP contribution is 2.19. The number of esters is 1. The molecule has 3 rings (SSSR count). The summed E-state index contributed by atoms with van der Waals surface area (Å²) < 4.78 is 6.18. The van der Waals surface area contributed by atoms with E-state index in [-0.39, 0.29) is 18.4 Å². The van der Waals surface area contributed by atoms with Gasteiger partial charge in [-0.2, -0.15) is 0 Å². The van der Waals surface area contributed by atoms with Gasteiger partial charge in [-0.15, -0.1) is 22.7 Å². The third-order valence-corrected chi connectivity index (χ3v) is 4.85. The largest absolute Gasteiger partial charge is 0.462 e. The highest BCUT2D eigenvalue weighted by molar-refractivity contribution is 7.16. The number of ketones is 1. The molecule has 0 saturated carbocycles. The van der Waals surface area contributed by atoms with Gasteiger partial charge < -0.3 is 4.74 Å². The number of hydrogen-bond acceptors (Lipinski definition) is 6. The quantitative estimate of drug-likeness (QED) is 0.386. The standard InChI is InChI=1S/C16H13NO3S2/c18-13(14-4-2-8-21-14)3-1-7-20-16(19)11-5-6-12-15(9-11)22-10-17-12/h2,4-6,8-10H,1,3,7H2. The molecule has 0 radical (unpaired) electrons. The van der Waals surface area contributed by atoms with Crippen molar-refractivity contribution in [1.82, 2.24) is 4.98 Å². The summed E-state index contributed by atoms with van der Waals surface area (Å²) in [5.74, 6) is -0.268. The minimum atomic E-state index is -0.362. The van der Waals surface area contributed by atoms with Gasteiger partial charge >= 0.3 is 5.97 Å². The lowest BCUT2D eigenvalue weighted by Crippen LogP contribution is -2.07. The molecule has 6 heteroatoms. The zero-order valence-electron chi connectivity index (χ0n) is 11.7. The minimum absolute atomic E-state index is 0.0946. The van der Waals surface area contributed by atoms with E-state index in [1.165, 1.54) is 22.7 Å². The molecule has 0 fully saturated rings. The number of Topliss-reactive ketones (excluding diaryl/α,β-unsaturated/α-hetero) is 1. The van der Waals surface area contributed by atoms with Gasteiger partial charge in [-0.25, -0.2) is 9.78 Å². The molecular weight excluding hydrogens is 318 g/mol. The van der Waals surface area contributed by atoms with E-state index in [0.717, 1.165) is 15.1 Å². The molecule has 0 saturated heterocycles. The van der Waals surface area contributed by atoms with E-state index in [9.17, 15) is 9.59 Å². The van der Waals surface area contributed by atoms with Crippen molar-refractivity contribution in [3.63, 3.8) is 0 Å². The number of benzene rings is 1. The Morgan fingerprint density at radius 3 is 2.91 bits per heavy atom. The molecule has 0 N–H and O–H groups in total. The van der Waals surface area contributed by atoms with Crippen LogP contribution in [-0.2, 0) is 4.74 Å². The number of rotatable bonds is 6. The Morgan fingerprint density at radius 2 is 2.09 bits per heavy atom. The van der Waals surface area contributed by atoms with Crippen molar-refractivity contribution in [3.05, 3.63) is 51.7 Å². The molecule has 112 valence electrons. The topological polar surface area (TPSA) is 56.3 Å². The lowest BCUT2D eigenvalue weighted by Gasteiger charge is -2.04. The zero-order chi connectivity index (χ0) is 15.4. The summed E-state index contributed by atoms with van der Waals surface area (Å²) >= 11 is 2.92. The number of nitrogens with zero attached hydrogens (tertiary/aromatic N) is 1. The molecule has 0 bridgehead atoms. The van der Waals surface area contributed by atoms with Gasteiger partial charge in [-0.05, 0) is 36.1 Å². The maximum Gasteiger partial charge on any atom is 0.338 e. The molecule has 2 aromatic heterocycles. The predicted octanol–water partition coefficient (Wildman–Crippen LogP) is 4.18. The first kappa shape index (κ1) is 14.9. The van der Waals surface area contributed by atoms with Gasteiger partial charge in [0.05, 0.1) is 32.8 Å². The molecule has 0 unspecified atom stereocenters. The first-order chi connectivity index (χ1) is 10.7.